The zero-order chi connectivity index (χ0) is 16.3. The molecule has 1 aliphatic heterocycles. The molecule has 4 nitrogen and oxygen atoms in total. The Bertz CT molecular complexity index is 537. The van der Waals surface area contributed by atoms with E-state index in [1.165, 1.54) is 6.07 Å². The Balaban J connectivity index is 1.86. The summed E-state index contributed by atoms with van der Waals surface area (Å²) in [6.45, 7) is 6.64. The Kier molecular flexibility index (Phi) is 5.32. The van der Waals surface area contributed by atoms with Gasteiger partial charge >= 0.3 is 6.09 Å². The maximum Gasteiger partial charge on any atom is 0.410 e. The van der Waals surface area contributed by atoms with E-state index in [2.05, 4.69) is 15.9 Å². The van der Waals surface area contributed by atoms with Crippen molar-refractivity contribution in [3.05, 3.63) is 28.5 Å². The van der Waals surface area contributed by atoms with Crippen LogP contribution in [0.2, 0.25) is 0 Å². The van der Waals surface area contributed by atoms with Gasteiger partial charge in [0.25, 0.3) is 0 Å². The smallest absolute Gasteiger partial charge is 0.410 e. The molecule has 22 heavy (non-hydrogen) atoms. The topological polar surface area (TPSA) is 38.8 Å². The third kappa shape index (κ3) is 4.87. The molecule has 0 saturated carbocycles. The number of carbonyl (C=O) groups excluding carboxylic acids is 1. The minimum Gasteiger partial charge on any atom is -0.487 e. The number of amides is 1. The van der Waals surface area contributed by atoms with E-state index in [-0.39, 0.29) is 23.8 Å². The highest BCUT2D eigenvalue weighted by atomic mass is 79.9. The minimum atomic E-state index is -0.495. The average molecular weight is 374 g/mol. The van der Waals surface area contributed by atoms with Crippen molar-refractivity contribution >= 4 is 22.0 Å². The van der Waals surface area contributed by atoms with Gasteiger partial charge in [-0.3, -0.25) is 0 Å². The first-order valence-electron chi connectivity index (χ1n) is 7.34. The Hall–Kier alpha value is -1.30. The molecule has 0 aliphatic carbocycles. The predicted molar refractivity (Wildman–Crippen MR) is 85.6 cm³/mol. The number of nitrogens with zero attached hydrogens (tertiary/aromatic N) is 1. The molecule has 1 aromatic carbocycles. The highest BCUT2D eigenvalue weighted by Gasteiger charge is 2.27. The molecular formula is C16H21BrFNO3. The Morgan fingerprint density at radius 1 is 1.32 bits per heavy atom. The van der Waals surface area contributed by atoms with Crippen LogP contribution in [0.5, 0.6) is 5.75 Å². The standard InChI is InChI=1S/C16H21BrFNO3/c1-16(2,3)22-15(20)19-8-6-12(7-9-19)21-14-5-4-11(17)10-13(14)18/h4-5,10,12H,6-9H2,1-3H3. The van der Waals surface area contributed by atoms with Crippen LogP contribution in [-0.4, -0.2) is 35.8 Å². The molecule has 122 valence electrons. The number of benzene rings is 1. The van der Waals surface area contributed by atoms with Crippen LogP contribution in [0.15, 0.2) is 22.7 Å². The van der Waals surface area contributed by atoms with Crippen LogP contribution in [0.1, 0.15) is 33.6 Å². The van der Waals surface area contributed by atoms with E-state index < -0.39 is 5.60 Å². The fraction of sp³-hybridized carbons (Fsp3) is 0.562. The van der Waals surface area contributed by atoms with Gasteiger partial charge in [0, 0.05) is 30.4 Å². The summed E-state index contributed by atoms with van der Waals surface area (Å²) in [5.41, 5.74) is -0.495. The molecule has 1 fully saturated rings. The minimum absolute atomic E-state index is 0.0886. The molecule has 6 heteroatoms. The van der Waals surface area contributed by atoms with Gasteiger partial charge < -0.3 is 14.4 Å². The van der Waals surface area contributed by atoms with Crippen LogP contribution < -0.4 is 4.74 Å². The lowest BCUT2D eigenvalue weighted by atomic mass is 10.1. The Morgan fingerprint density at radius 2 is 1.95 bits per heavy atom. The lowest BCUT2D eigenvalue weighted by Gasteiger charge is -2.33. The van der Waals surface area contributed by atoms with Gasteiger partial charge in [-0.2, -0.15) is 0 Å². The molecule has 1 heterocycles. The molecule has 0 spiro atoms. The summed E-state index contributed by atoms with van der Waals surface area (Å²) in [6.07, 6.45) is 0.930. The molecular weight excluding hydrogens is 353 g/mol. The quantitative estimate of drug-likeness (QED) is 0.772. The molecule has 1 amide bonds. The molecule has 0 bridgehead atoms. The third-order valence-electron chi connectivity index (χ3n) is 3.28. The van der Waals surface area contributed by atoms with Gasteiger partial charge in [-0.1, -0.05) is 15.9 Å². The highest BCUT2D eigenvalue weighted by Crippen LogP contribution is 2.25. The molecule has 2 rings (SSSR count). The van der Waals surface area contributed by atoms with Crippen LogP contribution in [0, 0.1) is 5.82 Å². The highest BCUT2D eigenvalue weighted by molar-refractivity contribution is 9.10. The van der Waals surface area contributed by atoms with Gasteiger partial charge in [0.05, 0.1) is 0 Å². The number of likely N-dealkylation sites (tertiary alicyclic amines) is 1. The molecule has 0 atom stereocenters. The van der Waals surface area contributed by atoms with Crippen molar-refractivity contribution in [2.45, 2.75) is 45.3 Å². The fourth-order valence-corrected chi connectivity index (χ4v) is 2.57. The number of hydrogen-bond acceptors (Lipinski definition) is 3. The van der Waals surface area contributed by atoms with Crippen molar-refractivity contribution in [1.82, 2.24) is 4.90 Å². The van der Waals surface area contributed by atoms with Crippen molar-refractivity contribution in [2.75, 3.05) is 13.1 Å². The second kappa shape index (κ2) is 6.86. The molecule has 0 aromatic heterocycles. The number of rotatable bonds is 2. The summed E-state index contributed by atoms with van der Waals surface area (Å²) in [4.78, 5) is 13.6. The van der Waals surface area contributed by atoms with Gasteiger partial charge in [-0.15, -0.1) is 0 Å². The van der Waals surface area contributed by atoms with Crippen LogP contribution in [0.4, 0.5) is 9.18 Å². The van der Waals surface area contributed by atoms with Crippen LogP contribution in [-0.2, 0) is 4.74 Å². The van der Waals surface area contributed by atoms with Crippen molar-refractivity contribution in [1.29, 1.82) is 0 Å². The molecule has 1 aliphatic rings. The van der Waals surface area contributed by atoms with E-state index in [1.54, 1.807) is 17.0 Å². The summed E-state index contributed by atoms with van der Waals surface area (Å²) in [5, 5.41) is 0. The van der Waals surface area contributed by atoms with E-state index in [0.29, 0.717) is 30.4 Å². The number of ether oxygens (including phenoxy) is 2. The Morgan fingerprint density at radius 3 is 2.50 bits per heavy atom. The van der Waals surface area contributed by atoms with Crippen LogP contribution in [0.3, 0.4) is 0 Å². The van der Waals surface area contributed by atoms with Crippen molar-refractivity contribution in [3.63, 3.8) is 0 Å². The van der Waals surface area contributed by atoms with E-state index in [0.717, 1.165) is 0 Å². The van der Waals surface area contributed by atoms with E-state index in [1.807, 2.05) is 20.8 Å². The molecule has 1 saturated heterocycles. The second-order valence-corrected chi connectivity index (χ2v) is 7.28. The SMILES string of the molecule is CC(C)(C)OC(=O)N1CCC(Oc2ccc(Br)cc2F)CC1. The second-order valence-electron chi connectivity index (χ2n) is 6.36. The van der Waals surface area contributed by atoms with Gasteiger partial charge in [-0.25, -0.2) is 9.18 Å². The summed E-state index contributed by atoms with van der Waals surface area (Å²) in [5.74, 6) is -0.136. The first kappa shape index (κ1) is 17.1. The number of carbonyl (C=O) groups is 1. The van der Waals surface area contributed by atoms with Crippen molar-refractivity contribution < 1.29 is 18.7 Å². The average Bonchev–Trinajstić information content (AvgIpc) is 2.41. The summed E-state index contributed by atoms with van der Waals surface area (Å²) < 4.78 is 25.5. The van der Waals surface area contributed by atoms with Gasteiger partial charge in [0.15, 0.2) is 11.6 Å². The van der Waals surface area contributed by atoms with E-state index in [4.69, 9.17) is 9.47 Å². The molecule has 0 unspecified atom stereocenters. The molecule has 0 radical (unpaired) electrons. The van der Waals surface area contributed by atoms with Gasteiger partial charge in [0.1, 0.15) is 11.7 Å². The van der Waals surface area contributed by atoms with Crippen molar-refractivity contribution in [2.24, 2.45) is 0 Å². The van der Waals surface area contributed by atoms with E-state index >= 15 is 0 Å². The summed E-state index contributed by atoms with van der Waals surface area (Å²) >= 11 is 3.22. The molecule has 1 aromatic rings. The maximum atomic E-state index is 13.8. The largest absolute Gasteiger partial charge is 0.487 e. The lowest BCUT2D eigenvalue weighted by Crippen LogP contribution is -2.44. The first-order valence-corrected chi connectivity index (χ1v) is 8.13. The van der Waals surface area contributed by atoms with Gasteiger partial charge in [-0.05, 0) is 39.0 Å². The van der Waals surface area contributed by atoms with Crippen molar-refractivity contribution in [3.8, 4) is 5.75 Å². The van der Waals surface area contributed by atoms with E-state index in [9.17, 15) is 9.18 Å². The van der Waals surface area contributed by atoms with Crippen LogP contribution >= 0.6 is 15.9 Å². The Labute approximate surface area is 138 Å². The first-order chi connectivity index (χ1) is 10.2. The lowest BCUT2D eigenvalue weighted by molar-refractivity contribution is 0.0123. The third-order valence-corrected chi connectivity index (χ3v) is 3.77. The molecule has 0 N–H and O–H groups in total. The fourth-order valence-electron chi connectivity index (χ4n) is 2.23. The van der Waals surface area contributed by atoms with Crippen LogP contribution in [0.25, 0.3) is 0 Å². The zero-order valence-electron chi connectivity index (χ0n) is 13.1. The zero-order valence-corrected chi connectivity index (χ0v) is 14.7. The number of hydrogen-bond donors (Lipinski definition) is 0. The predicted octanol–water partition coefficient (Wildman–Crippen LogP) is 4.37. The summed E-state index contributed by atoms with van der Waals surface area (Å²) in [7, 11) is 0. The number of halogens is 2. The summed E-state index contributed by atoms with van der Waals surface area (Å²) in [6, 6.07) is 4.74. The maximum absolute atomic E-state index is 13.8. The normalized spacial score (nSPS) is 16.5. The number of piperidine rings is 1. The van der Waals surface area contributed by atoms with Gasteiger partial charge in [0.2, 0.25) is 0 Å². The monoisotopic (exact) mass is 373 g/mol.